The van der Waals surface area contributed by atoms with Gasteiger partial charge < -0.3 is 10.5 Å². The maximum atomic E-state index is 5.55. The van der Waals surface area contributed by atoms with Crippen molar-refractivity contribution in [2.75, 3.05) is 5.73 Å². The van der Waals surface area contributed by atoms with E-state index in [1.165, 1.54) is 0 Å². The van der Waals surface area contributed by atoms with Crippen molar-refractivity contribution in [3.8, 4) is 22.9 Å². The molecule has 3 rings (SSSR count). The van der Waals surface area contributed by atoms with Gasteiger partial charge in [0.2, 0.25) is 0 Å². The predicted molar refractivity (Wildman–Crippen MR) is 76.2 cm³/mol. The number of para-hydroxylation sites is 1. The summed E-state index contributed by atoms with van der Waals surface area (Å²) in [5.74, 6) is 1.19. The van der Waals surface area contributed by atoms with Crippen LogP contribution < -0.4 is 10.5 Å². The van der Waals surface area contributed by atoms with Gasteiger partial charge in [0.25, 0.3) is 0 Å². The molecule has 0 saturated heterocycles. The van der Waals surface area contributed by atoms with Gasteiger partial charge in [0.1, 0.15) is 11.6 Å². The van der Waals surface area contributed by atoms with Crippen molar-refractivity contribution in [3.63, 3.8) is 0 Å². The van der Waals surface area contributed by atoms with E-state index in [0.29, 0.717) is 17.6 Å². The fourth-order valence-corrected chi connectivity index (χ4v) is 1.69. The number of hydrogen-bond acceptors (Lipinski definition) is 5. The Kier molecular flexibility index (Phi) is 3.24. The molecule has 1 aromatic carbocycles. The minimum Gasteiger partial charge on any atom is -0.424 e. The topological polar surface area (TPSA) is 73.9 Å². The van der Waals surface area contributed by atoms with Crippen LogP contribution in [0.4, 0.5) is 5.82 Å². The SMILES string of the molecule is Nc1ccc(-c2cnc(Oc3ccccc3)nc2)cn1. The number of nitrogens with two attached hydrogens (primary N) is 1. The summed E-state index contributed by atoms with van der Waals surface area (Å²) < 4.78 is 5.53. The van der Waals surface area contributed by atoms with Crippen LogP contribution in [-0.4, -0.2) is 15.0 Å². The van der Waals surface area contributed by atoms with Crippen molar-refractivity contribution < 1.29 is 4.74 Å². The molecule has 2 N–H and O–H groups in total. The standard InChI is InChI=1S/C15H12N4O/c16-14-7-6-11(8-17-14)12-9-18-15(19-10-12)20-13-4-2-1-3-5-13/h1-10H,(H2,16,17). The second-order valence-electron chi connectivity index (χ2n) is 4.14. The molecule has 2 aromatic heterocycles. The molecule has 20 heavy (non-hydrogen) atoms. The Morgan fingerprint density at radius 1 is 0.750 bits per heavy atom. The Balaban J connectivity index is 1.79. The van der Waals surface area contributed by atoms with Gasteiger partial charge in [-0.25, -0.2) is 15.0 Å². The molecular formula is C15H12N4O. The maximum absolute atomic E-state index is 5.55. The maximum Gasteiger partial charge on any atom is 0.321 e. The summed E-state index contributed by atoms with van der Waals surface area (Å²) in [5, 5.41) is 0. The monoisotopic (exact) mass is 264 g/mol. The molecule has 0 atom stereocenters. The van der Waals surface area contributed by atoms with E-state index < -0.39 is 0 Å². The summed E-state index contributed by atoms with van der Waals surface area (Å²) in [7, 11) is 0. The van der Waals surface area contributed by atoms with Crippen molar-refractivity contribution in [2.24, 2.45) is 0 Å². The molecule has 0 aliphatic carbocycles. The lowest BCUT2D eigenvalue weighted by atomic mass is 10.1. The summed E-state index contributed by atoms with van der Waals surface area (Å²) in [6.45, 7) is 0. The summed E-state index contributed by atoms with van der Waals surface area (Å²) in [6.07, 6.45) is 5.07. The summed E-state index contributed by atoms with van der Waals surface area (Å²) in [5.41, 5.74) is 7.32. The molecule has 0 spiro atoms. The van der Waals surface area contributed by atoms with E-state index in [2.05, 4.69) is 15.0 Å². The number of pyridine rings is 1. The van der Waals surface area contributed by atoms with E-state index in [9.17, 15) is 0 Å². The summed E-state index contributed by atoms with van der Waals surface area (Å²) in [4.78, 5) is 12.4. The van der Waals surface area contributed by atoms with Crippen LogP contribution in [0.15, 0.2) is 61.1 Å². The van der Waals surface area contributed by atoms with Gasteiger partial charge in [-0.15, -0.1) is 0 Å². The Hall–Kier alpha value is -2.95. The first-order valence-corrected chi connectivity index (χ1v) is 6.08. The van der Waals surface area contributed by atoms with Crippen molar-refractivity contribution in [1.82, 2.24) is 15.0 Å². The average molecular weight is 264 g/mol. The lowest BCUT2D eigenvalue weighted by Crippen LogP contribution is -1.93. The number of aromatic nitrogens is 3. The molecule has 0 aliphatic rings. The van der Waals surface area contributed by atoms with E-state index >= 15 is 0 Å². The van der Waals surface area contributed by atoms with E-state index in [1.807, 2.05) is 36.4 Å². The van der Waals surface area contributed by atoms with E-state index in [0.717, 1.165) is 11.1 Å². The number of nitrogen functional groups attached to an aromatic ring is 1. The Bertz CT molecular complexity index is 681. The third-order valence-corrected chi connectivity index (χ3v) is 2.70. The zero-order chi connectivity index (χ0) is 13.8. The highest BCUT2D eigenvalue weighted by Gasteiger charge is 2.03. The highest BCUT2D eigenvalue weighted by Crippen LogP contribution is 2.20. The number of rotatable bonds is 3. The Morgan fingerprint density at radius 3 is 2.10 bits per heavy atom. The molecule has 0 amide bonds. The van der Waals surface area contributed by atoms with Gasteiger partial charge in [-0.2, -0.15) is 0 Å². The van der Waals surface area contributed by atoms with Crippen LogP contribution in [0.3, 0.4) is 0 Å². The largest absolute Gasteiger partial charge is 0.424 e. The molecule has 0 fully saturated rings. The molecule has 5 nitrogen and oxygen atoms in total. The third kappa shape index (κ3) is 2.72. The van der Waals surface area contributed by atoms with Crippen LogP contribution in [-0.2, 0) is 0 Å². The molecule has 0 aliphatic heterocycles. The van der Waals surface area contributed by atoms with Crippen molar-refractivity contribution in [2.45, 2.75) is 0 Å². The van der Waals surface area contributed by atoms with Gasteiger partial charge in [0, 0.05) is 29.7 Å². The zero-order valence-corrected chi connectivity index (χ0v) is 10.6. The molecule has 0 bridgehead atoms. The zero-order valence-electron chi connectivity index (χ0n) is 10.6. The smallest absolute Gasteiger partial charge is 0.321 e. The van der Waals surface area contributed by atoms with Crippen LogP contribution in [0.2, 0.25) is 0 Å². The molecular weight excluding hydrogens is 252 g/mol. The molecule has 98 valence electrons. The van der Waals surface area contributed by atoms with Crippen molar-refractivity contribution in [1.29, 1.82) is 0 Å². The number of nitrogens with zero attached hydrogens (tertiary/aromatic N) is 3. The van der Waals surface area contributed by atoms with Gasteiger partial charge in [-0.05, 0) is 24.3 Å². The highest BCUT2D eigenvalue weighted by molar-refractivity contribution is 5.61. The first kappa shape index (κ1) is 12.1. The quantitative estimate of drug-likeness (QED) is 0.787. The summed E-state index contributed by atoms with van der Waals surface area (Å²) >= 11 is 0. The van der Waals surface area contributed by atoms with Gasteiger partial charge in [-0.1, -0.05) is 18.2 Å². The summed E-state index contributed by atoms with van der Waals surface area (Å²) in [6, 6.07) is 13.3. The fourth-order valence-electron chi connectivity index (χ4n) is 1.69. The van der Waals surface area contributed by atoms with Gasteiger partial charge in [0.05, 0.1) is 0 Å². The molecule has 2 heterocycles. The first-order valence-electron chi connectivity index (χ1n) is 6.08. The van der Waals surface area contributed by atoms with Gasteiger partial charge in [0.15, 0.2) is 0 Å². The lowest BCUT2D eigenvalue weighted by Gasteiger charge is -2.04. The van der Waals surface area contributed by atoms with E-state index in [1.54, 1.807) is 24.7 Å². The molecule has 0 unspecified atom stereocenters. The van der Waals surface area contributed by atoms with Crippen LogP contribution in [0, 0.1) is 0 Å². The van der Waals surface area contributed by atoms with Gasteiger partial charge in [-0.3, -0.25) is 0 Å². The fraction of sp³-hybridized carbons (Fsp3) is 0. The predicted octanol–water partition coefficient (Wildman–Crippen LogP) is 2.91. The second kappa shape index (κ2) is 5.36. The Morgan fingerprint density at radius 2 is 1.45 bits per heavy atom. The minimum absolute atomic E-state index is 0.309. The number of hydrogen-bond donors (Lipinski definition) is 1. The van der Waals surface area contributed by atoms with Crippen LogP contribution in [0.25, 0.3) is 11.1 Å². The number of benzene rings is 1. The van der Waals surface area contributed by atoms with Crippen LogP contribution in [0.5, 0.6) is 11.8 Å². The highest BCUT2D eigenvalue weighted by atomic mass is 16.5. The van der Waals surface area contributed by atoms with Crippen LogP contribution in [0.1, 0.15) is 0 Å². The molecule has 0 radical (unpaired) electrons. The van der Waals surface area contributed by atoms with E-state index in [4.69, 9.17) is 10.5 Å². The molecule has 5 heteroatoms. The second-order valence-corrected chi connectivity index (χ2v) is 4.14. The minimum atomic E-state index is 0.309. The van der Waals surface area contributed by atoms with Crippen LogP contribution >= 0.6 is 0 Å². The normalized spacial score (nSPS) is 10.2. The number of ether oxygens (including phenoxy) is 1. The lowest BCUT2D eigenvalue weighted by molar-refractivity contribution is 0.442. The number of anilines is 1. The average Bonchev–Trinajstić information content (AvgIpc) is 2.50. The van der Waals surface area contributed by atoms with Crippen molar-refractivity contribution in [3.05, 3.63) is 61.1 Å². The molecule has 3 aromatic rings. The van der Waals surface area contributed by atoms with E-state index in [-0.39, 0.29) is 0 Å². The van der Waals surface area contributed by atoms with Gasteiger partial charge >= 0.3 is 6.01 Å². The first-order chi connectivity index (χ1) is 9.81. The third-order valence-electron chi connectivity index (χ3n) is 2.70. The molecule has 0 saturated carbocycles. The van der Waals surface area contributed by atoms with Crippen molar-refractivity contribution >= 4 is 5.82 Å². The Labute approximate surface area is 116 Å².